The zero-order chi connectivity index (χ0) is 9.80. The number of hydrogen-bond acceptors (Lipinski definition) is 3. The summed E-state index contributed by atoms with van der Waals surface area (Å²) in [5, 5.41) is 3.42. The van der Waals surface area contributed by atoms with Crippen molar-refractivity contribution in [2.24, 2.45) is 5.92 Å². The van der Waals surface area contributed by atoms with Gasteiger partial charge >= 0.3 is 0 Å². The molecule has 14 heavy (non-hydrogen) atoms. The molecule has 82 valence electrons. The van der Waals surface area contributed by atoms with Gasteiger partial charge in [-0.15, -0.1) is 0 Å². The average Bonchev–Trinajstić information content (AvgIpc) is 2.67. The highest BCUT2D eigenvalue weighted by Gasteiger charge is 2.24. The lowest BCUT2D eigenvalue weighted by atomic mass is 9.98. The first-order valence-electron chi connectivity index (χ1n) is 5.84. The van der Waals surface area contributed by atoms with Gasteiger partial charge in [0.1, 0.15) is 0 Å². The number of nitrogens with one attached hydrogen (secondary N) is 1. The Balaban J connectivity index is 1.69. The van der Waals surface area contributed by atoms with Crippen molar-refractivity contribution in [1.82, 2.24) is 10.2 Å². The third-order valence-corrected chi connectivity index (χ3v) is 3.54. The molecule has 0 spiro atoms. The van der Waals surface area contributed by atoms with Gasteiger partial charge < -0.3 is 15.0 Å². The van der Waals surface area contributed by atoms with Crippen molar-refractivity contribution in [3.63, 3.8) is 0 Å². The van der Waals surface area contributed by atoms with Crippen LogP contribution in [0.1, 0.15) is 19.3 Å². The molecule has 2 aliphatic rings. The second-order valence-corrected chi connectivity index (χ2v) is 4.60. The fourth-order valence-electron chi connectivity index (χ4n) is 2.58. The second-order valence-electron chi connectivity index (χ2n) is 4.60. The van der Waals surface area contributed by atoms with E-state index >= 15 is 0 Å². The highest BCUT2D eigenvalue weighted by atomic mass is 16.5. The summed E-state index contributed by atoms with van der Waals surface area (Å²) in [6, 6.07) is 0. The maximum Gasteiger partial charge on any atom is 0.0710 e. The number of hydrogen-bond donors (Lipinski definition) is 1. The van der Waals surface area contributed by atoms with Gasteiger partial charge in [0.15, 0.2) is 0 Å². The van der Waals surface area contributed by atoms with Crippen LogP contribution in [0.4, 0.5) is 0 Å². The van der Waals surface area contributed by atoms with Gasteiger partial charge in [0.2, 0.25) is 0 Å². The van der Waals surface area contributed by atoms with Gasteiger partial charge in [-0.1, -0.05) is 0 Å². The summed E-state index contributed by atoms with van der Waals surface area (Å²) in [6.07, 6.45) is 4.43. The fraction of sp³-hybridized carbons (Fsp3) is 1.00. The largest absolute Gasteiger partial charge is 0.380 e. The van der Waals surface area contributed by atoms with Crippen molar-refractivity contribution in [3.8, 4) is 0 Å². The van der Waals surface area contributed by atoms with Crippen LogP contribution < -0.4 is 5.32 Å². The smallest absolute Gasteiger partial charge is 0.0710 e. The van der Waals surface area contributed by atoms with E-state index < -0.39 is 0 Å². The van der Waals surface area contributed by atoms with E-state index in [0.717, 1.165) is 12.5 Å². The van der Waals surface area contributed by atoms with Crippen LogP contribution in [0.3, 0.4) is 0 Å². The molecule has 2 aliphatic heterocycles. The molecular formula is C11H22N2O. The summed E-state index contributed by atoms with van der Waals surface area (Å²) in [5.41, 5.74) is 0. The van der Waals surface area contributed by atoms with Crippen LogP contribution in [0, 0.1) is 5.92 Å². The number of piperidine rings is 1. The molecular weight excluding hydrogens is 176 g/mol. The highest BCUT2D eigenvalue weighted by Crippen LogP contribution is 2.18. The van der Waals surface area contributed by atoms with Gasteiger partial charge in [-0.05, 0) is 38.3 Å². The van der Waals surface area contributed by atoms with Crippen LogP contribution in [0.15, 0.2) is 0 Å². The fourth-order valence-corrected chi connectivity index (χ4v) is 2.58. The Labute approximate surface area is 86.8 Å². The Kier molecular flexibility index (Phi) is 3.79. The molecule has 2 saturated heterocycles. The van der Waals surface area contributed by atoms with Crippen LogP contribution in [0.25, 0.3) is 0 Å². The first kappa shape index (κ1) is 10.4. The van der Waals surface area contributed by atoms with E-state index in [2.05, 4.69) is 10.2 Å². The van der Waals surface area contributed by atoms with Gasteiger partial charge in [-0.2, -0.15) is 0 Å². The molecule has 2 rings (SSSR count). The maximum atomic E-state index is 5.38. The monoisotopic (exact) mass is 198 g/mol. The van der Waals surface area contributed by atoms with E-state index in [9.17, 15) is 0 Å². The topological polar surface area (TPSA) is 24.5 Å². The zero-order valence-electron chi connectivity index (χ0n) is 9.17. The van der Waals surface area contributed by atoms with Gasteiger partial charge in [-0.3, -0.25) is 0 Å². The van der Waals surface area contributed by atoms with Crippen molar-refractivity contribution in [1.29, 1.82) is 0 Å². The molecule has 3 nitrogen and oxygen atoms in total. The SMILES string of the molecule is CO[C@H]1CCN(CC2CCNCC2)C1. The quantitative estimate of drug-likeness (QED) is 0.723. The standard InChI is InChI=1S/C11H22N2O/c1-14-11-4-7-13(9-11)8-10-2-5-12-6-3-10/h10-12H,2-9H2,1H3/t11-/m0/s1. The predicted octanol–water partition coefficient (Wildman–Crippen LogP) is 0.707. The molecule has 0 unspecified atom stereocenters. The molecule has 0 aromatic carbocycles. The molecule has 0 aromatic rings. The van der Waals surface area contributed by atoms with Crippen molar-refractivity contribution >= 4 is 0 Å². The van der Waals surface area contributed by atoms with Gasteiger partial charge in [0.25, 0.3) is 0 Å². The van der Waals surface area contributed by atoms with Crippen LogP contribution in [0.5, 0.6) is 0 Å². The van der Waals surface area contributed by atoms with E-state index in [-0.39, 0.29) is 0 Å². The zero-order valence-corrected chi connectivity index (χ0v) is 9.17. The lowest BCUT2D eigenvalue weighted by Gasteiger charge is -2.27. The number of methoxy groups -OCH3 is 1. The average molecular weight is 198 g/mol. The van der Waals surface area contributed by atoms with Crippen LogP contribution >= 0.6 is 0 Å². The van der Waals surface area contributed by atoms with Crippen molar-refractivity contribution in [2.75, 3.05) is 39.8 Å². The molecule has 0 aliphatic carbocycles. The molecule has 1 atom stereocenters. The number of rotatable bonds is 3. The summed E-state index contributed by atoms with van der Waals surface area (Å²) < 4.78 is 5.38. The highest BCUT2D eigenvalue weighted by molar-refractivity contribution is 4.79. The second kappa shape index (κ2) is 5.10. The number of likely N-dealkylation sites (tertiary alicyclic amines) is 1. The summed E-state index contributed by atoms with van der Waals surface area (Å²) in [5.74, 6) is 0.923. The minimum atomic E-state index is 0.497. The molecule has 3 heteroatoms. The van der Waals surface area contributed by atoms with Crippen LogP contribution in [-0.2, 0) is 4.74 Å². The summed E-state index contributed by atoms with van der Waals surface area (Å²) >= 11 is 0. The van der Waals surface area contributed by atoms with Crippen molar-refractivity contribution in [2.45, 2.75) is 25.4 Å². The lowest BCUT2D eigenvalue weighted by Crippen LogP contribution is -2.35. The van der Waals surface area contributed by atoms with Gasteiger partial charge in [0, 0.05) is 26.7 Å². The molecule has 0 bridgehead atoms. The minimum Gasteiger partial charge on any atom is -0.380 e. The summed E-state index contributed by atoms with van der Waals surface area (Å²) in [7, 11) is 1.83. The van der Waals surface area contributed by atoms with Gasteiger partial charge in [0.05, 0.1) is 6.10 Å². The van der Waals surface area contributed by atoms with Crippen LogP contribution in [0.2, 0.25) is 0 Å². The normalized spacial score (nSPS) is 31.1. The molecule has 0 amide bonds. The lowest BCUT2D eigenvalue weighted by molar-refractivity contribution is 0.104. The third kappa shape index (κ3) is 2.69. The Morgan fingerprint density at radius 1 is 1.29 bits per heavy atom. The molecule has 0 radical (unpaired) electrons. The van der Waals surface area contributed by atoms with Crippen molar-refractivity contribution < 1.29 is 4.74 Å². The molecule has 1 N–H and O–H groups in total. The van der Waals surface area contributed by atoms with E-state index in [0.29, 0.717) is 6.10 Å². The van der Waals surface area contributed by atoms with E-state index in [1.165, 1.54) is 45.4 Å². The Morgan fingerprint density at radius 2 is 2.07 bits per heavy atom. The third-order valence-electron chi connectivity index (χ3n) is 3.54. The van der Waals surface area contributed by atoms with E-state index in [1.807, 2.05) is 7.11 Å². The van der Waals surface area contributed by atoms with E-state index in [1.54, 1.807) is 0 Å². The Bertz CT molecular complexity index is 169. The maximum absolute atomic E-state index is 5.38. The van der Waals surface area contributed by atoms with Crippen molar-refractivity contribution in [3.05, 3.63) is 0 Å². The number of nitrogens with zero attached hydrogens (tertiary/aromatic N) is 1. The molecule has 0 aromatic heterocycles. The summed E-state index contributed by atoms with van der Waals surface area (Å²) in [6.45, 7) is 6.11. The summed E-state index contributed by atoms with van der Waals surface area (Å²) in [4.78, 5) is 2.57. The first-order chi connectivity index (χ1) is 6.88. The van der Waals surface area contributed by atoms with E-state index in [4.69, 9.17) is 4.74 Å². The minimum absolute atomic E-state index is 0.497. The predicted molar refractivity (Wildman–Crippen MR) is 57.4 cm³/mol. The Morgan fingerprint density at radius 3 is 2.71 bits per heavy atom. The molecule has 2 heterocycles. The van der Waals surface area contributed by atoms with Crippen LogP contribution in [-0.4, -0.2) is 50.8 Å². The number of ether oxygens (including phenoxy) is 1. The first-order valence-corrected chi connectivity index (χ1v) is 5.84. The van der Waals surface area contributed by atoms with Gasteiger partial charge in [-0.25, -0.2) is 0 Å². The Hall–Kier alpha value is -0.120. The molecule has 0 saturated carbocycles. The molecule has 2 fully saturated rings.